The van der Waals surface area contributed by atoms with E-state index in [4.69, 9.17) is 16.6 Å². The smallest absolute Gasteiger partial charge is 0.326 e. The number of amides is 4. The first-order valence-electron chi connectivity index (χ1n) is 10.8. The summed E-state index contributed by atoms with van der Waals surface area (Å²) in [6, 6.07) is -5.81. The van der Waals surface area contributed by atoms with Crippen LogP contribution in [0.25, 0.3) is 0 Å². The van der Waals surface area contributed by atoms with Gasteiger partial charge in [-0.25, -0.2) is 14.8 Å². The zero-order valence-corrected chi connectivity index (χ0v) is 19.3. The summed E-state index contributed by atoms with van der Waals surface area (Å²) in [7, 11) is 0. The number of nitrogens with one attached hydrogen (secondary N) is 5. The molecule has 0 saturated heterocycles. The maximum absolute atomic E-state index is 13.2. The summed E-state index contributed by atoms with van der Waals surface area (Å²) in [5.74, 6) is -6.59. The van der Waals surface area contributed by atoms with E-state index < -0.39 is 72.6 Å². The van der Waals surface area contributed by atoms with Gasteiger partial charge in [-0.1, -0.05) is 0 Å². The number of rotatable bonds is 15. The lowest BCUT2D eigenvalue weighted by atomic mass is 10.1. The number of carbonyl (C=O) groups is 6. The SMILES string of the molecule is NC(=O)CC(N)C(=O)NC(Cc1cnc[nH]1)C(=O)NC(Cc1cnc[nH]1)C(=O)NC(CC(=O)O)C(=O)O. The second-order valence-corrected chi connectivity index (χ2v) is 7.96. The molecule has 2 aromatic rings. The second-order valence-electron chi connectivity index (χ2n) is 7.96. The molecule has 2 rings (SSSR count). The lowest BCUT2D eigenvalue weighted by molar-refractivity contribution is -0.147. The average Bonchev–Trinajstić information content (AvgIpc) is 3.51. The van der Waals surface area contributed by atoms with E-state index in [1.165, 1.54) is 25.0 Å². The van der Waals surface area contributed by atoms with E-state index in [-0.39, 0.29) is 12.8 Å². The number of imidazole rings is 2. The molecule has 4 amide bonds. The van der Waals surface area contributed by atoms with Gasteiger partial charge in [0.1, 0.15) is 18.1 Å². The van der Waals surface area contributed by atoms with Crippen LogP contribution in [0.4, 0.5) is 0 Å². The molecular weight excluding hydrogens is 494 g/mol. The van der Waals surface area contributed by atoms with Crippen molar-refractivity contribution in [2.75, 3.05) is 0 Å². The van der Waals surface area contributed by atoms with Gasteiger partial charge in [-0.05, 0) is 0 Å². The van der Waals surface area contributed by atoms with Crippen LogP contribution in [-0.2, 0) is 41.6 Å². The van der Waals surface area contributed by atoms with E-state index >= 15 is 0 Å². The molecule has 0 aromatic carbocycles. The number of aromatic amines is 2. The molecular formula is C20H27N9O8. The minimum atomic E-state index is -1.77. The summed E-state index contributed by atoms with van der Waals surface area (Å²) in [5.41, 5.74) is 11.6. The maximum atomic E-state index is 13.2. The van der Waals surface area contributed by atoms with Crippen molar-refractivity contribution in [1.82, 2.24) is 35.9 Å². The van der Waals surface area contributed by atoms with E-state index in [9.17, 15) is 33.9 Å². The summed E-state index contributed by atoms with van der Waals surface area (Å²) in [6.45, 7) is 0. The number of carboxylic acids is 2. The predicted octanol–water partition coefficient (Wildman–Crippen LogP) is -3.87. The third-order valence-corrected chi connectivity index (χ3v) is 4.97. The molecule has 0 spiro atoms. The molecule has 2 heterocycles. The summed E-state index contributed by atoms with van der Waals surface area (Å²) in [5, 5.41) is 25.1. The first kappa shape index (κ1) is 28.4. The highest BCUT2D eigenvalue weighted by Crippen LogP contribution is 2.05. The highest BCUT2D eigenvalue weighted by atomic mass is 16.4. The Balaban J connectivity index is 2.24. The summed E-state index contributed by atoms with van der Waals surface area (Å²) in [6.07, 6.45) is 3.75. The van der Waals surface area contributed by atoms with Gasteiger partial charge >= 0.3 is 11.9 Å². The molecule has 4 unspecified atom stereocenters. The summed E-state index contributed by atoms with van der Waals surface area (Å²) >= 11 is 0. The molecule has 2 aromatic heterocycles. The molecule has 4 atom stereocenters. The lowest BCUT2D eigenvalue weighted by Gasteiger charge is -2.24. The van der Waals surface area contributed by atoms with Gasteiger partial charge in [0.2, 0.25) is 23.6 Å². The largest absolute Gasteiger partial charge is 0.481 e. The van der Waals surface area contributed by atoms with Gasteiger partial charge < -0.3 is 47.6 Å². The molecule has 0 aliphatic rings. The molecule has 0 aliphatic carbocycles. The number of carbonyl (C=O) groups excluding carboxylic acids is 4. The highest BCUT2D eigenvalue weighted by Gasteiger charge is 2.32. The number of hydrogen-bond acceptors (Lipinski definition) is 9. The van der Waals surface area contributed by atoms with Crippen LogP contribution in [0.2, 0.25) is 0 Å². The Kier molecular flexibility index (Phi) is 10.2. The Morgan fingerprint density at radius 1 is 0.784 bits per heavy atom. The average molecular weight is 521 g/mol. The minimum Gasteiger partial charge on any atom is -0.481 e. The van der Waals surface area contributed by atoms with E-state index in [2.05, 4.69) is 35.9 Å². The van der Waals surface area contributed by atoms with Crippen LogP contribution in [0.1, 0.15) is 24.2 Å². The second kappa shape index (κ2) is 13.3. The molecule has 17 nitrogen and oxygen atoms in total. The molecule has 0 aliphatic heterocycles. The number of nitrogens with zero attached hydrogens (tertiary/aromatic N) is 2. The first-order valence-corrected chi connectivity index (χ1v) is 10.8. The molecule has 0 fully saturated rings. The standard InChI is InChI=1S/C20H27N9O8/c21-11(3-15(22)30)17(33)27-12(1-9-5-23-7-25-9)18(34)28-13(2-10-6-24-8-26-10)19(35)29-14(20(36)37)4-16(31)32/h5-8,11-14H,1-4,21H2,(H2,22,30)(H,23,25)(H,24,26)(H,27,33)(H,28,34)(H,29,35)(H,31,32)(H,36,37). The molecule has 200 valence electrons. The topological polar surface area (TPSA) is 288 Å². The number of aromatic nitrogens is 4. The Bertz CT molecular complexity index is 1100. The fraction of sp³-hybridized carbons (Fsp3) is 0.400. The number of carboxylic acid groups (broad SMARTS) is 2. The number of primary amides is 1. The summed E-state index contributed by atoms with van der Waals surface area (Å²) in [4.78, 5) is 85.2. The van der Waals surface area contributed by atoms with Gasteiger partial charge in [-0.15, -0.1) is 0 Å². The highest BCUT2D eigenvalue weighted by molar-refractivity contribution is 5.95. The van der Waals surface area contributed by atoms with Crippen LogP contribution < -0.4 is 27.4 Å². The van der Waals surface area contributed by atoms with Crippen molar-refractivity contribution in [2.24, 2.45) is 11.5 Å². The van der Waals surface area contributed by atoms with Crippen molar-refractivity contribution in [3.8, 4) is 0 Å². The molecule has 17 heteroatoms. The van der Waals surface area contributed by atoms with Gasteiger partial charge in [-0.3, -0.25) is 24.0 Å². The van der Waals surface area contributed by atoms with E-state index in [1.807, 2.05) is 0 Å². The van der Waals surface area contributed by atoms with Crippen molar-refractivity contribution in [2.45, 2.75) is 49.9 Å². The van der Waals surface area contributed by atoms with Crippen LogP contribution in [0.15, 0.2) is 25.0 Å². The number of aliphatic carboxylic acids is 2. The monoisotopic (exact) mass is 521 g/mol. The fourth-order valence-corrected chi connectivity index (χ4v) is 3.16. The van der Waals surface area contributed by atoms with Gasteiger partial charge in [0, 0.05) is 36.6 Å². The van der Waals surface area contributed by atoms with Gasteiger partial charge in [0.05, 0.1) is 31.5 Å². The third kappa shape index (κ3) is 9.40. The van der Waals surface area contributed by atoms with Crippen molar-refractivity contribution in [3.05, 3.63) is 36.4 Å². The fourth-order valence-electron chi connectivity index (χ4n) is 3.16. The van der Waals surface area contributed by atoms with Gasteiger partial charge in [0.15, 0.2) is 0 Å². The minimum absolute atomic E-state index is 0.115. The normalized spacial score (nSPS) is 14.0. The number of H-pyrrole nitrogens is 2. The van der Waals surface area contributed by atoms with Crippen molar-refractivity contribution >= 4 is 35.6 Å². The van der Waals surface area contributed by atoms with Crippen LogP contribution in [0.5, 0.6) is 0 Å². The molecule has 11 N–H and O–H groups in total. The van der Waals surface area contributed by atoms with Crippen LogP contribution in [0.3, 0.4) is 0 Å². The van der Waals surface area contributed by atoms with Crippen LogP contribution >= 0.6 is 0 Å². The summed E-state index contributed by atoms with van der Waals surface area (Å²) < 4.78 is 0. The van der Waals surface area contributed by atoms with Crippen molar-refractivity contribution < 1.29 is 39.0 Å². The Hall–Kier alpha value is -4.80. The van der Waals surface area contributed by atoms with E-state index in [0.717, 1.165) is 0 Å². The Labute approximate surface area is 208 Å². The first-order chi connectivity index (χ1) is 17.5. The van der Waals surface area contributed by atoms with Gasteiger partial charge in [0.25, 0.3) is 0 Å². The van der Waals surface area contributed by atoms with Crippen LogP contribution in [-0.4, -0.2) is 89.9 Å². The quantitative estimate of drug-likeness (QED) is 0.109. The zero-order valence-electron chi connectivity index (χ0n) is 19.3. The Morgan fingerprint density at radius 2 is 1.24 bits per heavy atom. The van der Waals surface area contributed by atoms with Crippen molar-refractivity contribution in [1.29, 1.82) is 0 Å². The van der Waals surface area contributed by atoms with E-state index in [0.29, 0.717) is 11.4 Å². The molecule has 0 radical (unpaired) electrons. The third-order valence-electron chi connectivity index (χ3n) is 4.97. The number of hydrogen-bond donors (Lipinski definition) is 9. The van der Waals surface area contributed by atoms with Crippen LogP contribution in [0, 0.1) is 0 Å². The lowest BCUT2D eigenvalue weighted by Crippen LogP contribution is -2.58. The molecule has 0 bridgehead atoms. The molecule has 37 heavy (non-hydrogen) atoms. The zero-order chi connectivity index (χ0) is 27.5. The molecule has 0 saturated carbocycles. The Morgan fingerprint density at radius 3 is 1.62 bits per heavy atom. The van der Waals surface area contributed by atoms with Crippen molar-refractivity contribution in [3.63, 3.8) is 0 Å². The van der Waals surface area contributed by atoms with Gasteiger partial charge in [-0.2, -0.15) is 0 Å². The maximum Gasteiger partial charge on any atom is 0.326 e. The van der Waals surface area contributed by atoms with E-state index in [1.54, 1.807) is 0 Å². The predicted molar refractivity (Wildman–Crippen MR) is 122 cm³/mol. The number of nitrogens with two attached hydrogens (primary N) is 2.